The number of imide groups is 1. The normalized spacial score (nSPS) is 18.5. The maximum Gasteiger partial charge on any atom is 0.235 e. The SMILES string of the molecule is C.C=c1c(C2CCC(=O)NC2=O)nn(C)/c1=C/C=C\C.CC. The van der Waals surface area contributed by atoms with Gasteiger partial charge in [-0.15, -0.1) is 0 Å². The quantitative estimate of drug-likeness (QED) is 0.839. The van der Waals surface area contributed by atoms with Crippen LogP contribution in [0.15, 0.2) is 12.2 Å². The first kappa shape index (κ1) is 19.8. The summed E-state index contributed by atoms with van der Waals surface area (Å²) in [5.41, 5.74) is 0.656. The Kier molecular flexibility index (Phi) is 8.09. The molecule has 0 bridgehead atoms. The van der Waals surface area contributed by atoms with Crippen LogP contribution in [0.5, 0.6) is 0 Å². The van der Waals surface area contributed by atoms with Crippen molar-refractivity contribution in [1.82, 2.24) is 15.1 Å². The third-order valence-electron chi connectivity index (χ3n) is 3.24. The number of carbonyl (C=O) groups is 2. The van der Waals surface area contributed by atoms with Gasteiger partial charge in [0.05, 0.1) is 17.0 Å². The van der Waals surface area contributed by atoms with E-state index >= 15 is 0 Å². The lowest BCUT2D eigenvalue weighted by Crippen LogP contribution is -2.41. The van der Waals surface area contributed by atoms with Crippen molar-refractivity contribution < 1.29 is 9.59 Å². The summed E-state index contributed by atoms with van der Waals surface area (Å²) in [5, 5.41) is 8.35. The standard InChI is InChI=1S/C14H17N3O2.C2H6.CH4/c1-4-5-6-11-9(2)13(16-17(11)3)10-7-8-12(18)15-14(10)19;1-2;/h4-6,10H,2,7-8H2,1,3H3,(H,15,18,19);1-2H3;1H4/b5-4-,11-6+;;. The van der Waals surface area contributed by atoms with Crippen LogP contribution in [0, 0.1) is 0 Å². The molecule has 1 aliphatic heterocycles. The van der Waals surface area contributed by atoms with Gasteiger partial charge in [-0.2, -0.15) is 5.10 Å². The molecule has 1 N–H and O–H groups in total. The van der Waals surface area contributed by atoms with E-state index in [4.69, 9.17) is 0 Å². The second-order valence-corrected chi connectivity index (χ2v) is 4.57. The van der Waals surface area contributed by atoms with E-state index in [2.05, 4.69) is 17.0 Å². The van der Waals surface area contributed by atoms with Gasteiger partial charge < -0.3 is 0 Å². The van der Waals surface area contributed by atoms with E-state index in [-0.39, 0.29) is 25.2 Å². The third-order valence-corrected chi connectivity index (χ3v) is 3.24. The second-order valence-electron chi connectivity index (χ2n) is 4.57. The van der Waals surface area contributed by atoms with Crippen molar-refractivity contribution in [2.75, 3.05) is 0 Å². The van der Waals surface area contributed by atoms with E-state index in [9.17, 15) is 9.59 Å². The maximum atomic E-state index is 11.9. The van der Waals surface area contributed by atoms with Crippen LogP contribution in [0.3, 0.4) is 0 Å². The Bertz CT molecular complexity index is 656. The largest absolute Gasteiger partial charge is 0.296 e. The molecule has 5 heteroatoms. The Balaban J connectivity index is 0.00000141. The molecule has 22 heavy (non-hydrogen) atoms. The van der Waals surface area contributed by atoms with Gasteiger partial charge in [-0.3, -0.25) is 19.6 Å². The molecule has 0 aromatic carbocycles. The number of piperidine rings is 1. The molecule has 2 rings (SSSR count). The van der Waals surface area contributed by atoms with Crippen LogP contribution >= 0.6 is 0 Å². The van der Waals surface area contributed by atoms with E-state index < -0.39 is 0 Å². The van der Waals surface area contributed by atoms with Crippen LogP contribution in [0.4, 0.5) is 0 Å². The monoisotopic (exact) mass is 305 g/mol. The summed E-state index contributed by atoms with van der Waals surface area (Å²) in [4.78, 5) is 23.0. The summed E-state index contributed by atoms with van der Waals surface area (Å²) < 4.78 is 1.71. The molecule has 0 saturated carbocycles. The molecule has 0 spiro atoms. The van der Waals surface area contributed by atoms with Gasteiger partial charge in [0.2, 0.25) is 11.8 Å². The van der Waals surface area contributed by atoms with Crippen molar-refractivity contribution in [2.24, 2.45) is 7.05 Å². The molecule has 1 unspecified atom stereocenters. The van der Waals surface area contributed by atoms with E-state index in [0.29, 0.717) is 18.5 Å². The highest BCUT2D eigenvalue weighted by molar-refractivity contribution is 6.00. The predicted molar refractivity (Wildman–Crippen MR) is 90.5 cm³/mol. The predicted octanol–water partition coefficient (Wildman–Crippen LogP) is 1.37. The number of hydrogen-bond acceptors (Lipinski definition) is 3. The summed E-state index contributed by atoms with van der Waals surface area (Å²) >= 11 is 0. The average molecular weight is 305 g/mol. The first-order valence-corrected chi connectivity index (χ1v) is 7.23. The summed E-state index contributed by atoms with van der Waals surface area (Å²) in [7, 11) is 1.82. The molecule has 5 nitrogen and oxygen atoms in total. The minimum absolute atomic E-state index is 0. The van der Waals surface area contributed by atoms with Gasteiger partial charge in [-0.05, 0) is 19.4 Å². The number of amides is 2. The first-order valence-electron chi connectivity index (χ1n) is 7.23. The maximum absolute atomic E-state index is 11.9. The van der Waals surface area contributed by atoms with Gasteiger partial charge in [0, 0.05) is 18.7 Å². The van der Waals surface area contributed by atoms with Gasteiger partial charge in [0.15, 0.2) is 0 Å². The molecule has 1 saturated heterocycles. The summed E-state index contributed by atoms with van der Waals surface area (Å²) in [5.74, 6) is -0.885. The highest BCUT2D eigenvalue weighted by Gasteiger charge is 2.30. The molecule has 0 radical (unpaired) electrons. The van der Waals surface area contributed by atoms with Crippen molar-refractivity contribution in [3.8, 4) is 0 Å². The Morgan fingerprint density at radius 2 is 2.00 bits per heavy atom. The third kappa shape index (κ3) is 4.16. The van der Waals surface area contributed by atoms with Crippen molar-refractivity contribution >= 4 is 24.5 Å². The fraction of sp³-hybridized carbons (Fsp3) is 0.471. The van der Waals surface area contributed by atoms with E-state index in [0.717, 1.165) is 10.6 Å². The number of hydrogen-bond donors (Lipinski definition) is 1. The van der Waals surface area contributed by atoms with Gasteiger partial charge in [-0.25, -0.2) is 0 Å². The fourth-order valence-electron chi connectivity index (χ4n) is 2.23. The number of rotatable bonds is 2. The number of aromatic nitrogens is 2. The summed E-state index contributed by atoms with van der Waals surface area (Å²) in [6.45, 7) is 9.94. The minimum Gasteiger partial charge on any atom is -0.296 e. The van der Waals surface area contributed by atoms with Gasteiger partial charge >= 0.3 is 0 Å². The van der Waals surface area contributed by atoms with Crippen LogP contribution in [0.25, 0.3) is 12.7 Å². The Morgan fingerprint density at radius 3 is 2.55 bits per heavy atom. The Morgan fingerprint density at radius 1 is 1.36 bits per heavy atom. The van der Waals surface area contributed by atoms with Crippen molar-refractivity contribution in [2.45, 2.75) is 47.0 Å². The lowest BCUT2D eigenvalue weighted by Gasteiger charge is -2.18. The average Bonchev–Trinajstić information content (AvgIpc) is 2.74. The zero-order valence-electron chi connectivity index (χ0n) is 13.1. The van der Waals surface area contributed by atoms with E-state index in [1.807, 2.05) is 46.0 Å². The molecule has 1 fully saturated rings. The minimum atomic E-state index is -0.385. The molecule has 1 aromatic heterocycles. The van der Waals surface area contributed by atoms with Gasteiger partial charge in [0.1, 0.15) is 0 Å². The zero-order chi connectivity index (χ0) is 16.0. The van der Waals surface area contributed by atoms with Crippen molar-refractivity contribution in [1.29, 1.82) is 0 Å². The van der Waals surface area contributed by atoms with Crippen LogP contribution in [0.1, 0.15) is 52.7 Å². The number of allylic oxidation sites excluding steroid dienone is 2. The van der Waals surface area contributed by atoms with E-state index in [1.54, 1.807) is 4.68 Å². The molecule has 0 aliphatic carbocycles. The number of nitrogens with zero attached hydrogens (tertiary/aromatic N) is 2. The van der Waals surface area contributed by atoms with Crippen molar-refractivity contribution in [3.05, 3.63) is 28.4 Å². The van der Waals surface area contributed by atoms with Crippen LogP contribution in [-0.2, 0) is 16.6 Å². The molecular weight excluding hydrogens is 278 g/mol. The van der Waals surface area contributed by atoms with Crippen LogP contribution in [-0.4, -0.2) is 21.6 Å². The number of aryl methyl sites for hydroxylation is 1. The molecular formula is C17H27N3O2. The van der Waals surface area contributed by atoms with Crippen LogP contribution < -0.4 is 15.9 Å². The fourth-order valence-corrected chi connectivity index (χ4v) is 2.23. The van der Waals surface area contributed by atoms with Gasteiger partial charge in [-0.1, -0.05) is 40.0 Å². The molecule has 2 amide bonds. The second kappa shape index (κ2) is 8.97. The lowest BCUT2D eigenvalue weighted by atomic mass is 9.94. The molecule has 2 heterocycles. The smallest absolute Gasteiger partial charge is 0.235 e. The lowest BCUT2D eigenvalue weighted by molar-refractivity contribution is -0.134. The Hall–Kier alpha value is -2.17. The summed E-state index contributed by atoms with van der Waals surface area (Å²) in [6.07, 6.45) is 6.57. The van der Waals surface area contributed by atoms with Crippen molar-refractivity contribution in [3.63, 3.8) is 0 Å². The topological polar surface area (TPSA) is 64.0 Å². The highest BCUT2D eigenvalue weighted by atomic mass is 16.2. The van der Waals surface area contributed by atoms with Gasteiger partial charge in [0.25, 0.3) is 0 Å². The Labute approximate surface area is 132 Å². The molecule has 1 atom stereocenters. The van der Waals surface area contributed by atoms with E-state index in [1.165, 1.54) is 0 Å². The number of carbonyl (C=O) groups excluding carboxylic acids is 2. The number of nitrogens with one attached hydrogen (secondary N) is 1. The molecule has 122 valence electrons. The summed E-state index contributed by atoms with van der Waals surface area (Å²) in [6, 6.07) is 0. The molecule has 1 aromatic rings. The zero-order valence-corrected chi connectivity index (χ0v) is 13.1. The molecule has 1 aliphatic rings. The highest BCUT2D eigenvalue weighted by Crippen LogP contribution is 2.19. The van der Waals surface area contributed by atoms with Crippen LogP contribution in [0.2, 0.25) is 0 Å². The first-order chi connectivity index (χ1) is 10.0.